The molecule has 0 spiro atoms. The minimum absolute atomic E-state index is 0.397. The van der Waals surface area contributed by atoms with E-state index in [0.717, 1.165) is 10.9 Å². The molecule has 0 atom stereocenters. The van der Waals surface area contributed by atoms with Gasteiger partial charge in [0.15, 0.2) is 5.82 Å². The molecule has 0 fully saturated rings. The molecule has 0 radical (unpaired) electrons. The van der Waals surface area contributed by atoms with Gasteiger partial charge in [0.1, 0.15) is 11.0 Å². The Labute approximate surface area is 126 Å². The minimum Gasteiger partial charge on any atom is -0.422 e. The molecule has 0 unspecified atom stereocenters. The Balaban J connectivity index is 2.17. The smallest absolute Gasteiger partial charge is 0.347 e. The van der Waals surface area contributed by atoms with E-state index in [1.807, 2.05) is 55.5 Å². The summed E-state index contributed by atoms with van der Waals surface area (Å²) in [6, 6.07) is 17.2. The Kier molecular flexibility index (Phi) is 2.76. The molecule has 0 bridgehead atoms. The van der Waals surface area contributed by atoms with Crippen LogP contribution in [0.2, 0.25) is 0 Å². The van der Waals surface area contributed by atoms with Crippen molar-refractivity contribution < 1.29 is 4.42 Å². The molecule has 0 N–H and O–H groups in total. The standard InChI is InChI=1S/C18H12N2O2/c1-11-15-16(13-9-5-6-10-14(13)22-18(15)21)20-17(19-11)12-7-3-2-4-8-12/h2-10H,1H3. The highest BCUT2D eigenvalue weighted by molar-refractivity contribution is 6.02. The van der Waals surface area contributed by atoms with Gasteiger partial charge in [-0.25, -0.2) is 14.8 Å². The predicted octanol–water partition coefficient (Wildman–Crippen LogP) is 3.71. The van der Waals surface area contributed by atoms with Crippen molar-refractivity contribution in [2.75, 3.05) is 0 Å². The number of hydrogen-bond donors (Lipinski definition) is 0. The summed E-state index contributed by atoms with van der Waals surface area (Å²) in [5, 5.41) is 1.26. The van der Waals surface area contributed by atoms with Crippen molar-refractivity contribution in [3.8, 4) is 11.4 Å². The van der Waals surface area contributed by atoms with Crippen LogP contribution in [0, 0.1) is 6.92 Å². The average Bonchev–Trinajstić information content (AvgIpc) is 2.55. The van der Waals surface area contributed by atoms with Gasteiger partial charge in [-0.3, -0.25) is 0 Å². The Hall–Kier alpha value is -3.01. The van der Waals surface area contributed by atoms with Crippen LogP contribution in [0.15, 0.2) is 63.8 Å². The zero-order chi connectivity index (χ0) is 15.1. The summed E-state index contributed by atoms with van der Waals surface area (Å²) < 4.78 is 5.37. The van der Waals surface area contributed by atoms with Crippen molar-refractivity contribution in [3.63, 3.8) is 0 Å². The van der Waals surface area contributed by atoms with Crippen molar-refractivity contribution in [1.29, 1.82) is 0 Å². The monoisotopic (exact) mass is 288 g/mol. The number of hydrogen-bond acceptors (Lipinski definition) is 4. The molecule has 0 saturated carbocycles. The Morgan fingerprint density at radius 3 is 2.45 bits per heavy atom. The first kappa shape index (κ1) is 12.7. The lowest BCUT2D eigenvalue weighted by Gasteiger charge is -2.07. The lowest BCUT2D eigenvalue weighted by molar-refractivity contribution is 0.568. The maximum absolute atomic E-state index is 12.2. The summed E-state index contributed by atoms with van der Waals surface area (Å²) in [5.74, 6) is 0.612. The fourth-order valence-corrected chi connectivity index (χ4v) is 2.63. The van der Waals surface area contributed by atoms with E-state index in [4.69, 9.17) is 4.42 Å². The zero-order valence-corrected chi connectivity index (χ0v) is 11.9. The van der Waals surface area contributed by atoms with Crippen LogP contribution in [0.25, 0.3) is 33.3 Å². The van der Waals surface area contributed by atoms with Crippen molar-refractivity contribution in [3.05, 3.63) is 70.7 Å². The maximum Gasteiger partial charge on any atom is 0.347 e. The van der Waals surface area contributed by atoms with E-state index in [1.165, 1.54) is 0 Å². The second-order valence-electron chi connectivity index (χ2n) is 5.11. The summed E-state index contributed by atoms with van der Waals surface area (Å²) in [5.41, 5.74) is 2.33. The summed E-state index contributed by atoms with van der Waals surface area (Å²) in [6.45, 7) is 1.81. The second kappa shape index (κ2) is 4.77. The van der Waals surface area contributed by atoms with Crippen molar-refractivity contribution in [2.24, 2.45) is 0 Å². The molecule has 106 valence electrons. The molecule has 4 rings (SSSR count). The fraction of sp³-hybridized carbons (Fsp3) is 0.0556. The number of fused-ring (bicyclic) bond motifs is 3. The third kappa shape index (κ3) is 1.89. The highest BCUT2D eigenvalue weighted by atomic mass is 16.4. The Morgan fingerprint density at radius 1 is 0.909 bits per heavy atom. The summed E-state index contributed by atoms with van der Waals surface area (Å²) in [4.78, 5) is 21.3. The molecule has 2 aromatic heterocycles. The second-order valence-corrected chi connectivity index (χ2v) is 5.11. The van der Waals surface area contributed by atoms with E-state index in [-0.39, 0.29) is 0 Å². The largest absolute Gasteiger partial charge is 0.422 e. The van der Waals surface area contributed by atoms with E-state index in [0.29, 0.717) is 28.0 Å². The molecule has 0 aliphatic carbocycles. The van der Waals surface area contributed by atoms with Crippen molar-refractivity contribution in [1.82, 2.24) is 9.97 Å². The molecule has 0 aliphatic rings. The van der Waals surface area contributed by atoms with Crippen LogP contribution >= 0.6 is 0 Å². The van der Waals surface area contributed by atoms with Gasteiger partial charge in [0, 0.05) is 10.9 Å². The Bertz CT molecular complexity index is 1050. The maximum atomic E-state index is 12.2. The van der Waals surface area contributed by atoms with Gasteiger partial charge >= 0.3 is 5.63 Å². The lowest BCUT2D eigenvalue weighted by atomic mass is 10.1. The summed E-state index contributed by atoms with van der Waals surface area (Å²) >= 11 is 0. The van der Waals surface area contributed by atoms with E-state index in [1.54, 1.807) is 6.07 Å². The number of para-hydroxylation sites is 1. The summed E-state index contributed by atoms with van der Waals surface area (Å²) in [6.07, 6.45) is 0. The van der Waals surface area contributed by atoms with Gasteiger partial charge in [-0.2, -0.15) is 0 Å². The van der Waals surface area contributed by atoms with Gasteiger partial charge in [-0.05, 0) is 19.1 Å². The normalized spacial score (nSPS) is 11.1. The van der Waals surface area contributed by atoms with Gasteiger partial charge in [-0.1, -0.05) is 42.5 Å². The predicted molar refractivity (Wildman–Crippen MR) is 85.8 cm³/mol. The fourth-order valence-electron chi connectivity index (χ4n) is 2.63. The van der Waals surface area contributed by atoms with Crippen LogP contribution in [-0.2, 0) is 0 Å². The van der Waals surface area contributed by atoms with Crippen LogP contribution in [0.3, 0.4) is 0 Å². The molecule has 2 aromatic carbocycles. The van der Waals surface area contributed by atoms with Crippen LogP contribution in [0.5, 0.6) is 0 Å². The quantitative estimate of drug-likeness (QED) is 0.396. The van der Waals surface area contributed by atoms with E-state index < -0.39 is 5.63 Å². The highest BCUT2D eigenvalue weighted by Gasteiger charge is 2.14. The SMILES string of the molecule is Cc1nc(-c2ccccc2)nc2c1c(=O)oc1ccccc12. The molecule has 4 nitrogen and oxygen atoms in total. The third-order valence-electron chi connectivity index (χ3n) is 3.67. The molecule has 4 aromatic rings. The van der Waals surface area contributed by atoms with Crippen LogP contribution < -0.4 is 5.63 Å². The van der Waals surface area contributed by atoms with Crippen LogP contribution in [-0.4, -0.2) is 9.97 Å². The number of benzene rings is 2. The van der Waals surface area contributed by atoms with Gasteiger partial charge < -0.3 is 4.42 Å². The molecule has 0 aliphatic heterocycles. The van der Waals surface area contributed by atoms with E-state index in [2.05, 4.69) is 9.97 Å². The third-order valence-corrected chi connectivity index (χ3v) is 3.67. The highest BCUT2D eigenvalue weighted by Crippen LogP contribution is 2.25. The average molecular weight is 288 g/mol. The Morgan fingerprint density at radius 2 is 1.64 bits per heavy atom. The zero-order valence-electron chi connectivity index (χ0n) is 11.9. The topological polar surface area (TPSA) is 56.0 Å². The van der Waals surface area contributed by atoms with Gasteiger partial charge in [0.25, 0.3) is 0 Å². The number of rotatable bonds is 1. The lowest BCUT2D eigenvalue weighted by Crippen LogP contribution is -2.06. The number of nitrogens with zero attached hydrogens (tertiary/aromatic N) is 2. The van der Waals surface area contributed by atoms with Gasteiger partial charge in [-0.15, -0.1) is 0 Å². The first-order valence-corrected chi connectivity index (χ1v) is 6.99. The molecular weight excluding hydrogens is 276 g/mol. The van der Waals surface area contributed by atoms with Crippen molar-refractivity contribution in [2.45, 2.75) is 6.92 Å². The molecule has 0 amide bonds. The molecule has 2 heterocycles. The van der Waals surface area contributed by atoms with Crippen molar-refractivity contribution >= 4 is 21.9 Å². The molecule has 4 heteroatoms. The number of aromatic nitrogens is 2. The number of aryl methyl sites for hydroxylation is 1. The first-order valence-electron chi connectivity index (χ1n) is 6.99. The molecular formula is C18H12N2O2. The van der Waals surface area contributed by atoms with Crippen LogP contribution in [0.4, 0.5) is 0 Å². The van der Waals surface area contributed by atoms with E-state index in [9.17, 15) is 4.79 Å². The van der Waals surface area contributed by atoms with Gasteiger partial charge in [0.2, 0.25) is 0 Å². The molecule has 0 saturated heterocycles. The summed E-state index contributed by atoms with van der Waals surface area (Å²) in [7, 11) is 0. The van der Waals surface area contributed by atoms with Gasteiger partial charge in [0.05, 0.1) is 11.2 Å². The van der Waals surface area contributed by atoms with E-state index >= 15 is 0 Å². The van der Waals surface area contributed by atoms with Crippen LogP contribution in [0.1, 0.15) is 5.69 Å². The first-order chi connectivity index (χ1) is 10.7. The minimum atomic E-state index is -0.397. The molecule has 22 heavy (non-hydrogen) atoms.